The van der Waals surface area contributed by atoms with Gasteiger partial charge in [0, 0.05) is 6.54 Å². The molecule has 0 saturated carbocycles. The summed E-state index contributed by atoms with van der Waals surface area (Å²) >= 11 is 0. The SMILES string of the molecule is CN1C[C@@H](O)C[C@H]1c1ncc(-c2ccc(B3OC(C)(C)C(C)(C)O3)cc2)[nH]1. The number of aromatic nitrogens is 2. The number of aromatic amines is 1. The molecule has 0 spiro atoms. The maximum Gasteiger partial charge on any atom is 0.494 e. The van der Waals surface area contributed by atoms with E-state index >= 15 is 0 Å². The number of aliphatic hydroxyl groups is 1. The van der Waals surface area contributed by atoms with Crippen LogP contribution in [0, 0.1) is 0 Å². The van der Waals surface area contributed by atoms with E-state index in [-0.39, 0.29) is 30.5 Å². The zero-order valence-corrected chi connectivity index (χ0v) is 16.7. The van der Waals surface area contributed by atoms with E-state index in [1.54, 1.807) is 0 Å². The second kappa shape index (κ2) is 6.45. The summed E-state index contributed by atoms with van der Waals surface area (Å²) in [6.45, 7) is 8.92. The van der Waals surface area contributed by atoms with E-state index in [9.17, 15) is 5.11 Å². The predicted molar refractivity (Wildman–Crippen MR) is 106 cm³/mol. The summed E-state index contributed by atoms with van der Waals surface area (Å²) in [6, 6.07) is 8.35. The van der Waals surface area contributed by atoms with Gasteiger partial charge in [0.15, 0.2) is 0 Å². The molecule has 1 aromatic heterocycles. The quantitative estimate of drug-likeness (QED) is 0.811. The van der Waals surface area contributed by atoms with E-state index in [4.69, 9.17) is 9.31 Å². The van der Waals surface area contributed by atoms with Gasteiger partial charge in [-0.1, -0.05) is 24.3 Å². The number of likely N-dealkylation sites (N-methyl/N-ethyl adjacent to an activating group) is 1. The lowest BCUT2D eigenvalue weighted by atomic mass is 9.79. The Morgan fingerprint density at radius 3 is 2.33 bits per heavy atom. The molecule has 0 aliphatic carbocycles. The maximum absolute atomic E-state index is 9.86. The smallest absolute Gasteiger partial charge is 0.399 e. The van der Waals surface area contributed by atoms with Crippen LogP contribution in [-0.4, -0.2) is 58.0 Å². The van der Waals surface area contributed by atoms with Crippen LogP contribution in [0.5, 0.6) is 0 Å². The van der Waals surface area contributed by atoms with Crippen molar-refractivity contribution in [2.24, 2.45) is 0 Å². The Labute approximate surface area is 161 Å². The number of aliphatic hydroxyl groups excluding tert-OH is 1. The molecule has 7 heteroatoms. The maximum atomic E-state index is 9.86. The zero-order valence-electron chi connectivity index (χ0n) is 16.7. The summed E-state index contributed by atoms with van der Waals surface area (Å²) in [5.74, 6) is 0.902. The van der Waals surface area contributed by atoms with Crippen LogP contribution in [-0.2, 0) is 9.31 Å². The summed E-state index contributed by atoms with van der Waals surface area (Å²) in [5.41, 5.74) is 2.37. The van der Waals surface area contributed by atoms with E-state index in [0.29, 0.717) is 13.0 Å². The van der Waals surface area contributed by atoms with Crippen LogP contribution in [0.1, 0.15) is 46.0 Å². The first-order chi connectivity index (χ1) is 12.7. The van der Waals surface area contributed by atoms with Gasteiger partial charge in [-0.05, 0) is 52.2 Å². The van der Waals surface area contributed by atoms with Crippen molar-refractivity contribution >= 4 is 12.6 Å². The van der Waals surface area contributed by atoms with E-state index in [2.05, 4.69) is 54.7 Å². The number of rotatable bonds is 3. The van der Waals surface area contributed by atoms with E-state index < -0.39 is 0 Å². The van der Waals surface area contributed by atoms with Crippen molar-refractivity contribution in [3.05, 3.63) is 36.3 Å². The molecule has 2 aliphatic heterocycles. The monoisotopic (exact) mass is 369 g/mol. The van der Waals surface area contributed by atoms with Gasteiger partial charge in [0.2, 0.25) is 0 Å². The van der Waals surface area contributed by atoms with Crippen molar-refractivity contribution in [3.8, 4) is 11.3 Å². The van der Waals surface area contributed by atoms with Crippen LogP contribution < -0.4 is 5.46 Å². The number of β-amino-alcohol motifs (C(OH)–C–C–N with tert-alkyl or cyclic N) is 1. The lowest BCUT2D eigenvalue weighted by Gasteiger charge is -2.32. The largest absolute Gasteiger partial charge is 0.494 e. The summed E-state index contributed by atoms with van der Waals surface area (Å²) in [5, 5.41) is 9.86. The molecule has 0 radical (unpaired) electrons. The molecule has 144 valence electrons. The van der Waals surface area contributed by atoms with E-state index in [1.165, 1.54) is 0 Å². The van der Waals surface area contributed by atoms with Crippen molar-refractivity contribution in [3.63, 3.8) is 0 Å². The number of H-pyrrole nitrogens is 1. The highest BCUT2D eigenvalue weighted by Gasteiger charge is 2.51. The molecule has 2 aromatic rings. The minimum absolute atomic E-state index is 0.137. The highest BCUT2D eigenvalue weighted by atomic mass is 16.7. The Balaban J connectivity index is 1.51. The fraction of sp³-hybridized carbons (Fsp3) is 0.550. The number of likely N-dealkylation sites (tertiary alicyclic amines) is 1. The van der Waals surface area contributed by atoms with E-state index in [1.807, 2.05) is 25.4 Å². The fourth-order valence-electron chi connectivity index (χ4n) is 3.74. The molecule has 0 unspecified atom stereocenters. The van der Waals surface area contributed by atoms with Crippen LogP contribution in [0.4, 0.5) is 0 Å². The molecule has 2 aliphatic rings. The first-order valence-electron chi connectivity index (χ1n) is 9.55. The second-order valence-electron chi connectivity index (χ2n) is 8.74. The van der Waals surface area contributed by atoms with E-state index in [0.717, 1.165) is 22.5 Å². The molecule has 2 atom stereocenters. The van der Waals surface area contributed by atoms with Gasteiger partial charge in [-0.2, -0.15) is 0 Å². The molecule has 0 amide bonds. The molecule has 2 N–H and O–H groups in total. The van der Waals surface area contributed by atoms with Gasteiger partial charge in [0.25, 0.3) is 0 Å². The third-order valence-corrected chi connectivity index (χ3v) is 6.18. The number of hydrogen-bond acceptors (Lipinski definition) is 5. The van der Waals surface area contributed by atoms with Gasteiger partial charge >= 0.3 is 7.12 Å². The van der Waals surface area contributed by atoms with Crippen LogP contribution in [0.2, 0.25) is 0 Å². The molecule has 6 nitrogen and oxygen atoms in total. The molecular weight excluding hydrogens is 341 g/mol. The number of benzene rings is 1. The fourth-order valence-corrected chi connectivity index (χ4v) is 3.74. The average Bonchev–Trinajstić information content (AvgIpc) is 3.25. The third kappa shape index (κ3) is 3.33. The molecule has 3 heterocycles. The van der Waals surface area contributed by atoms with Crippen LogP contribution in [0.15, 0.2) is 30.5 Å². The topological polar surface area (TPSA) is 70.6 Å². The number of imidazole rings is 1. The number of nitrogens with zero attached hydrogens (tertiary/aromatic N) is 2. The highest BCUT2D eigenvalue weighted by Crippen LogP contribution is 2.36. The Bertz CT molecular complexity index is 802. The minimum atomic E-state index is -0.352. The normalized spacial score (nSPS) is 27.4. The van der Waals surface area contributed by atoms with Crippen molar-refractivity contribution in [2.75, 3.05) is 13.6 Å². The van der Waals surface area contributed by atoms with Crippen LogP contribution in [0.3, 0.4) is 0 Å². The van der Waals surface area contributed by atoms with Crippen LogP contribution in [0.25, 0.3) is 11.3 Å². The van der Waals surface area contributed by atoms with Crippen molar-refractivity contribution in [1.29, 1.82) is 0 Å². The van der Waals surface area contributed by atoms with Crippen molar-refractivity contribution < 1.29 is 14.4 Å². The van der Waals surface area contributed by atoms with Crippen molar-refractivity contribution in [2.45, 2.75) is 57.5 Å². The van der Waals surface area contributed by atoms with Crippen molar-refractivity contribution in [1.82, 2.24) is 14.9 Å². The van der Waals surface area contributed by atoms with Crippen LogP contribution >= 0.6 is 0 Å². The lowest BCUT2D eigenvalue weighted by Crippen LogP contribution is -2.41. The Morgan fingerprint density at radius 1 is 1.15 bits per heavy atom. The number of nitrogens with one attached hydrogen (secondary N) is 1. The first kappa shape index (κ1) is 18.7. The second-order valence-corrected chi connectivity index (χ2v) is 8.74. The third-order valence-electron chi connectivity index (χ3n) is 6.18. The minimum Gasteiger partial charge on any atom is -0.399 e. The predicted octanol–water partition coefficient (Wildman–Crippen LogP) is 2.11. The Hall–Kier alpha value is -1.67. The summed E-state index contributed by atoms with van der Waals surface area (Å²) in [6.07, 6.45) is 2.29. The van der Waals surface area contributed by atoms with Gasteiger partial charge in [-0.15, -0.1) is 0 Å². The Kier molecular flexibility index (Phi) is 4.46. The lowest BCUT2D eigenvalue weighted by molar-refractivity contribution is 0.00578. The summed E-state index contributed by atoms with van der Waals surface area (Å²) in [4.78, 5) is 10.1. The van der Waals surface area contributed by atoms with Gasteiger partial charge in [-0.3, -0.25) is 4.90 Å². The van der Waals surface area contributed by atoms with Gasteiger partial charge < -0.3 is 19.4 Å². The Morgan fingerprint density at radius 2 is 1.78 bits per heavy atom. The molecule has 1 aromatic carbocycles. The molecule has 0 bridgehead atoms. The van der Waals surface area contributed by atoms with Gasteiger partial charge in [0.05, 0.1) is 35.2 Å². The first-order valence-corrected chi connectivity index (χ1v) is 9.55. The molecule has 2 fully saturated rings. The average molecular weight is 369 g/mol. The number of hydrogen-bond donors (Lipinski definition) is 2. The highest BCUT2D eigenvalue weighted by molar-refractivity contribution is 6.62. The molecular formula is C20H28BN3O3. The summed E-state index contributed by atoms with van der Waals surface area (Å²) < 4.78 is 12.2. The van der Waals surface area contributed by atoms with Gasteiger partial charge in [-0.25, -0.2) is 4.98 Å². The standard InChI is InChI=1S/C20H28BN3O3/c1-19(2)20(3,4)27-21(26-19)14-8-6-13(7-9-14)16-11-22-18(23-16)17-10-15(25)12-24(17)5/h6-9,11,15,17,25H,10,12H2,1-5H3,(H,22,23)/t15-,17-/m0/s1. The molecule has 2 saturated heterocycles. The zero-order chi connectivity index (χ0) is 19.4. The van der Waals surface area contributed by atoms with Gasteiger partial charge in [0.1, 0.15) is 5.82 Å². The molecule has 4 rings (SSSR count). The summed E-state index contributed by atoms with van der Waals surface area (Å²) in [7, 11) is 1.66. The molecule has 27 heavy (non-hydrogen) atoms.